The number of carbonyl (C=O) groups excluding carboxylic acids is 1. The zero-order valence-electron chi connectivity index (χ0n) is 16.6. The Balaban J connectivity index is 1.71. The molecule has 0 unspecified atom stereocenters. The Morgan fingerprint density at radius 1 is 0.900 bits per heavy atom. The van der Waals surface area contributed by atoms with Crippen molar-refractivity contribution in [1.82, 2.24) is 5.32 Å². The fourth-order valence-electron chi connectivity index (χ4n) is 3.53. The van der Waals surface area contributed by atoms with Gasteiger partial charge in [0.05, 0.1) is 12.2 Å². The Kier molecular flexibility index (Phi) is 5.42. The summed E-state index contributed by atoms with van der Waals surface area (Å²) < 4.78 is 28.1. The standard InChI is InChI=1S/C24H22N2O3S/c1-18-8-7-11-20(14-18)17-26-22-13-6-5-12-21(22)24(27)23(30(26,28)29)16-25-15-19-9-3-2-4-10-19/h2-14,16,25H,15,17H2,1H3/b23-16+. The summed E-state index contributed by atoms with van der Waals surface area (Å²) in [6.45, 7) is 2.54. The lowest BCUT2D eigenvalue weighted by atomic mass is 10.1. The van der Waals surface area contributed by atoms with E-state index < -0.39 is 15.8 Å². The number of sulfonamides is 1. The second-order valence-electron chi connectivity index (χ2n) is 7.22. The van der Waals surface area contributed by atoms with E-state index in [0.717, 1.165) is 16.7 Å². The molecule has 0 amide bonds. The van der Waals surface area contributed by atoms with E-state index in [9.17, 15) is 13.2 Å². The molecule has 0 spiro atoms. The molecule has 152 valence electrons. The summed E-state index contributed by atoms with van der Waals surface area (Å²) in [6.07, 6.45) is 1.32. The van der Waals surface area contributed by atoms with E-state index in [4.69, 9.17) is 0 Å². The molecule has 0 atom stereocenters. The predicted molar refractivity (Wildman–Crippen MR) is 118 cm³/mol. The topological polar surface area (TPSA) is 66.5 Å². The van der Waals surface area contributed by atoms with Crippen molar-refractivity contribution in [3.8, 4) is 0 Å². The van der Waals surface area contributed by atoms with Crippen LogP contribution in [0.3, 0.4) is 0 Å². The van der Waals surface area contributed by atoms with Crippen molar-refractivity contribution in [2.24, 2.45) is 0 Å². The number of rotatable bonds is 5. The van der Waals surface area contributed by atoms with Crippen molar-refractivity contribution in [3.63, 3.8) is 0 Å². The largest absolute Gasteiger partial charge is 0.386 e. The van der Waals surface area contributed by atoms with Gasteiger partial charge in [0.1, 0.15) is 0 Å². The van der Waals surface area contributed by atoms with Crippen LogP contribution in [0.4, 0.5) is 5.69 Å². The zero-order chi connectivity index (χ0) is 21.1. The van der Waals surface area contributed by atoms with E-state index >= 15 is 0 Å². The van der Waals surface area contributed by atoms with Crippen molar-refractivity contribution in [2.45, 2.75) is 20.0 Å². The molecule has 3 aromatic rings. The van der Waals surface area contributed by atoms with Gasteiger partial charge in [0, 0.05) is 18.3 Å². The van der Waals surface area contributed by atoms with Gasteiger partial charge in [0.2, 0.25) is 5.78 Å². The second-order valence-corrected chi connectivity index (χ2v) is 9.05. The number of benzene rings is 3. The molecule has 1 aliphatic rings. The lowest BCUT2D eigenvalue weighted by Crippen LogP contribution is -2.39. The predicted octanol–water partition coefficient (Wildman–Crippen LogP) is 4.16. The second kappa shape index (κ2) is 8.16. The van der Waals surface area contributed by atoms with E-state index in [1.165, 1.54) is 10.5 Å². The summed E-state index contributed by atoms with van der Waals surface area (Å²) in [5.74, 6) is -0.494. The molecule has 30 heavy (non-hydrogen) atoms. The number of fused-ring (bicyclic) bond motifs is 1. The first-order chi connectivity index (χ1) is 14.5. The average Bonchev–Trinajstić information content (AvgIpc) is 2.74. The maximum Gasteiger partial charge on any atom is 0.270 e. The number of anilines is 1. The number of allylic oxidation sites excluding steroid dienone is 1. The van der Waals surface area contributed by atoms with Crippen LogP contribution < -0.4 is 9.62 Å². The van der Waals surface area contributed by atoms with Crippen LogP contribution in [-0.4, -0.2) is 14.2 Å². The third-order valence-electron chi connectivity index (χ3n) is 5.00. The van der Waals surface area contributed by atoms with Crippen LogP contribution in [0.2, 0.25) is 0 Å². The summed E-state index contributed by atoms with van der Waals surface area (Å²) in [7, 11) is -4.01. The maximum absolute atomic E-state index is 13.4. The van der Waals surface area contributed by atoms with Crippen molar-refractivity contribution in [1.29, 1.82) is 0 Å². The molecule has 3 aromatic carbocycles. The van der Waals surface area contributed by atoms with Crippen molar-refractivity contribution >= 4 is 21.5 Å². The quantitative estimate of drug-likeness (QED) is 0.632. The number of nitrogens with one attached hydrogen (secondary N) is 1. The summed E-state index contributed by atoms with van der Waals surface area (Å²) in [5, 5.41) is 2.99. The van der Waals surface area contributed by atoms with Gasteiger partial charge in [0.15, 0.2) is 4.91 Å². The van der Waals surface area contributed by atoms with Gasteiger partial charge in [-0.2, -0.15) is 0 Å². The first-order valence-electron chi connectivity index (χ1n) is 9.66. The van der Waals surface area contributed by atoms with Gasteiger partial charge in [0.25, 0.3) is 10.0 Å². The van der Waals surface area contributed by atoms with E-state index in [1.807, 2.05) is 61.5 Å². The molecule has 6 heteroatoms. The molecule has 0 bridgehead atoms. The Morgan fingerprint density at radius 3 is 2.37 bits per heavy atom. The molecular weight excluding hydrogens is 396 g/mol. The minimum atomic E-state index is -4.01. The molecule has 0 saturated heterocycles. The first-order valence-corrected chi connectivity index (χ1v) is 11.1. The molecule has 1 heterocycles. The fourth-order valence-corrected chi connectivity index (χ4v) is 5.08. The lowest BCUT2D eigenvalue weighted by Gasteiger charge is -2.31. The Labute approximate surface area is 176 Å². The highest BCUT2D eigenvalue weighted by Gasteiger charge is 2.39. The van der Waals surface area contributed by atoms with Crippen molar-refractivity contribution < 1.29 is 13.2 Å². The molecule has 0 aliphatic carbocycles. The molecule has 5 nitrogen and oxygen atoms in total. The van der Waals surface area contributed by atoms with Crippen LogP contribution in [0.1, 0.15) is 27.0 Å². The highest BCUT2D eigenvalue weighted by Crippen LogP contribution is 2.36. The lowest BCUT2D eigenvalue weighted by molar-refractivity contribution is 0.104. The Morgan fingerprint density at radius 2 is 1.60 bits per heavy atom. The fraction of sp³-hybridized carbons (Fsp3) is 0.125. The van der Waals surface area contributed by atoms with Gasteiger partial charge in [-0.05, 0) is 30.2 Å². The maximum atomic E-state index is 13.4. The minimum Gasteiger partial charge on any atom is -0.386 e. The van der Waals surface area contributed by atoms with Gasteiger partial charge >= 0.3 is 0 Å². The number of hydrogen-bond donors (Lipinski definition) is 1. The normalized spacial score (nSPS) is 16.4. The van der Waals surface area contributed by atoms with Gasteiger partial charge < -0.3 is 5.32 Å². The molecule has 0 radical (unpaired) electrons. The smallest absolute Gasteiger partial charge is 0.270 e. The van der Waals surface area contributed by atoms with Crippen LogP contribution >= 0.6 is 0 Å². The summed E-state index contributed by atoms with van der Waals surface area (Å²) in [6, 6.07) is 24.1. The number of hydrogen-bond acceptors (Lipinski definition) is 4. The average molecular weight is 419 g/mol. The zero-order valence-corrected chi connectivity index (χ0v) is 17.4. The Bertz CT molecular complexity index is 1220. The number of ketones is 1. The van der Waals surface area contributed by atoms with Crippen LogP contribution in [0.15, 0.2) is 90.0 Å². The third-order valence-corrected chi connectivity index (χ3v) is 6.77. The number of aryl methyl sites for hydroxylation is 1. The minimum absolute atomic E-state index is 0.157. The first kappa shape index (κ1) is 19.9. The molecular formula is C24H22N2O3S. The number of nitrogens with zero attached hydrogens (tertiary/aromatic N) is 1. The molecule has 4 rings (SSSR count). The molecule has 1 N–H and O–H groups in total. The van der Waals surface area contributed by atoms with Crippen molar-refractivity contribution in [2.75, 3.05) is 4.31 Å². The van der Waals surface area contributed by atoms with Crippen LogP contribution in [-0.2, 0) is 23.1 Å². The van der Waals surface area contributed by atoms with Crippen LogP contribution in [0.5, 0.6) is 0 Å². The highest BCUT2D eigenvalue weighted by molar-refractivity contribution is 7.97. The van der Waals surface area contributed by atoms with Crippen LogP contribution in [0, 0.1) is 6.92 Å². The molecule has 1 aliphatic heterocycles. The SMILES string of the molecule is Cc1cccc(CN2c3ccccc3C(=O)/C(=C\NCc3ccccc3)S2(=O)=O)c1. The molecule has 0 saturated carbocycles. The Hall–Kier alpha value is -3.38. The number of para-hydroxylation sites is 1. The van der Waals surface area contributed by atoms with Gasteiger partial charge in [-0.25, -0.2) is 8.42 Å². The summed E-state index contributed by atoms with van der Waals surface area (Å²) in [4.78, 5) is 12.8. The van der Waals surface area contributed by atoms with E-state index in [-0.39, 0.29) is 11.4 Å². The highest BCUT2D eigenvalue weighted by atomic mass is 32.2. The third kappa shape index (κ3) is 3.86. The molecule has 0 fully saturated rings. The monoisotopic (exact) mass is 418 g/mol. The number of carbonyl (C=O) groups is 1. The van der Waals surface area contributed by atoms with Crippen molar-refractivity contribution in [3.05, 3.63) is 112 Å². The van der Waals surface area contributed by atoms with Gasteiger partial charge in [-0.15, -0.1) is 0 Å². The van der Waals surface area contributed by atoms with E-state index in [1.54, 1.807) is 24.3 Å². The van der Waals surface area contributed by atoms with Gasteiger partial charge in [-0.1, -0.05) is 72.3 Å². The molecule has 0 aromatic heterocycles. The summed E-state index contributed by atoms with van der Waals surface area (Å²) >= 11 is 0. The van der Waals surface area contributed by atoms with Crippen LogP contribution in [0.25, 0.3) is 0 Å². The van der Waals surface area contributed by atoms with Gasteiger partial charge in [-0.3, -0.25) is 9.10 Å². The summed E-state index contributed by atoms with van der Waals surface area (Å²) in [5.41, 5.74) is 3.69. The number of Topliss-reactive ketones (excluding diaryl/α,β-unsaturated/α-hetero) is 1. The van der Waals surface area contributed by atoms with E-state index in [2.05, 4.69) is 5.32 Å². The van der Waals surface area contributed by atoms with E-state index in [0.29, 0.717) is 17.8 Å².